The van der Waals surface area contributed by atoms with Crippen molar-refractivity contribution in [2.75, 3.05) is 5.32 Å². The normalized spacial score (nSPS) is 16.0. The fraction of sp³-hybridized carbons (Fsp3) is 0.100. The van der Waals surface area contributed by atoms with Crippen LogP contribution < -0.4 is 5.32 Å². The third-order valence-corrected chi connectivity index (χ3v) is 5.83. The van der Waals surface area contributed by atoms with Gasteiger partial charge in [0.2, 0.25) is 0 Å². The summed E-state index contributed by atoms with van der Waals surface area (Å²) in [6.07, 6.45) is 10.3. The fourth-order valence-corrected chi connectivity index (χ4v) is 3.97. The summed E-state index contributed by atoms with van der Waals surface area (Å²) >= 11 is 0. The van der Waals surface area contributed by atoms with Crippen LogP contribution in [0.1, 0.15) is 34.0 Å². The number of nitrogens with one attached hydrogen (secondary N) is 1. The van der Waals surface area contributed by atoms with Gasteiger partial charge in [-0.25, -0.2) is 4.68 Å². The Labute approximate surface area is 204 Å². The summed E-state index contributed by atoms with van der Waals surface area (Å²) in [7, 11) is 0. The Morgan fingerprint density at radius 1 is 1.00 bits per heavy atom. The monoisotopic (exact) mass is 456 g/mol. The van der Waals surface area contributed by atoms with Crippen molar-refractivity contribution >= 4 is 17.8 Å². The first-order chi connectivity index (χ1) is 17.1. The Bertz CT molecular complexity index is 1440. The second-order valence-corrected chi connectivity index (χ2v) is 8.73. The smallest absolute Gasteiger partial charge is 0.255 e. The van der Waals surface area contributed by atoms with Crippen LogP contribution in [0.5, 0.6) is 0 Å². The van der Waals surface area contributed by atoms with Crippen molar-refractivity contribution in [3.63, 3.8) is 0 Å². The number of carbonyl (C=O) groups excluding carboxylic acids is 1. The highest BCUT2D eigenvalue weighted by atomic mass is 16.1. The van der Waals surface area contributed by atoms with E-state index in [4.69, 9.17) is 0 Å². The van der Waals surface area contributed by atoms with Crippen LogP contribution in [-0.4, -0.2) is 21.9 Å². The summed E-state index contributed by atoms with van der Waals surface area (Å²) in [6, 6.07) is 25.0. The average molecular weight is 457 g/mol. The minimum absolute atomic E-state index is 0.0573. The van der Waals surface area contributed by atoms with Crippen molar-refractivity contribution in [2.45, 2.75) is 13.3 Å². The van der Waals surface area contributed by atoms with Gasteiger partial charge in [-0.1, -0.05) is 55.2 Å². The minimum atomic E-state index is -0.189. The quantitative estimate of drug-likeness (QED) is 0.393. The van der Waals surface area contributed by atoms with Gasteiger partial charge in [0.1, 0.15) is 0 Å². The van der Waals surface area contributed by atoms with Crippen molar-refractivity contribution in [3.05, 3.63) is 126 Å². The van der Waals surface area contributed by atoms with E-state index in [2.05, 4.69) is 40.2 Å². The van der Waals surface area contributed by atoms with Crippen LogP contribution >= 0.6 is 0 Å². The highest BCUT2D eigenvalue weighted by Gasteiger charge is 2.21. The number of aromatic nitrogens is 2. The Kier molecular flexibility index (Phi) is 6.11. The predicted octanol–water partition coefficient (Wildman–Crippen LogP) is 5.67. The van der Waals surface area contributed by atoms with Crippen LogP contribution in [0.2, 0.25) is 0 Å². The molecule has 5 rings (SSSR count). The molecule has 1 atom stereocenters. The van der Waals surface area contributed by atoms with Crippen molar-refractivity contribution < 1.29 is 4.79 Å². The van der Waals surface area contributed by atoms with Gasteiger partial charge in [0, 0.05) is 47.0 Å². The molecule has 0 fully saturated rings. The van der Waals surface area contributed by atoms with Crippen molar-refractivity contribution in [1.82, 2.24) is 9.78 Å². The van der Waals surface area contributed by atoms with Gasteiger partial charge in [-0.05, 0) is 60.5 Å². The van der Waals surface area contributed by atoms with Gasteiger partial charge in [0.25, 0.3) is 5.91 Å². The average Bonchev–Trinajstić information content (AvgIpc) is 3.57. The van der Waals surface area contributed by atoms with Gasteiger partial charge >= 0.3 is 0 Å². The maximum Gasteiger partial charge on any atom is 0.255 e. The van der Waals surface area contributed by atoms with E-state index in [1.54, 1.807) is 16.9 Å². The lowest BCUT2D eigenvalue weighted by Gasteiger charge is -2.18. The van der Waals surface area contributed by atoms with Crippen molar-refractivity contribution in [2.24, 2.45) is 10.4 Å². The number of amides is 1. The van der Waals surface area contributed by atoms with Crippen LogP contribution in [-0.2, 0) is 6.42 Å². The number of allylic oxidation sites excluding steroid dienone is 1. The standard InChI is InChI=1S/C30H24N4O/c1-30(16-18-31-22-30)21-24-9-13-27(14-10-24)33-29(35)26-12-15-28(34-19-5-17-32-34)25(20-26)11-8-23-6-3-2-4-7-23/h2-7,9-10,12-20,22H,21H2,1H3,(H,33,35). The molecule has 0 spiro atoms. The van der Waals surface area contributed by atoms with Crippen LogP contribution in [0, 0.1) is 17.3 Å². The second kappa shape index (κ2) is 9.66. The molecule has 4 aromatic rings. The van der Waals surface area contributed by atoms with Crippen LogP contribution in [0.4, 0.5) is 5.69 Å². The van der Waals surface area contributed by atoms with E-state index in [1.165, 1.54) is 5.56 Å². The third-order valence-electron chi connectivity index (χ3n) is 5.83. The molecule has 0 aliphatic carbocycles. The van der Waals surface area contributed by atoms with Crippen molar-refractivity contribution in [3.8, 4) is 17.5 Å². The summed E-state index contributed by atoms with van der Waals surface area (Å²) in [6.45, 7) is 2.15. The number of rotatable bonds is 5. The number of hydrogen-bond acceptors (Lipinski definition) is 3. The van der Waals surface area contributed by atoms with E-state index in [1.807, 2.05) is 91.4 Å². The Morgan fingerprint density at radius 3 is 2.54 bits per heavy atom. The van der Waals surface area contributed by atoms with E-state index in [0.717, 1.165) is 28.9 Å². The number of anilines is 1. The Morgan fingerprint density at radius 2 is 1.83 bits per heavy atom. The highest BCUT2D eigenvalue weighted by molar-refractivity contribution is 6.04. The molecule has 1 aliphatic rings. The molecule has 0 bridgehead atoms. The largest absolute Gasteiger partial charge is 0.322 e. The zero-order valence-electron chi connectivity index (χ0n) is 19.3. The zero-order valence-corrected chi connectivity index (χ0v) is 19.3. The summed E-state index contributed by atoms with van der Waals surface area (Å²) in [5.74, 6) is 6.21. The molecular formula is C30H24N4O. The van der Waals surface area contributed by atoms with E-state index >= 15 is 0 Å². The molecule has 1 aliphatic heterocycles. The lowest BCUT2D eigenvalue weighted by molar-refractivity contribution is 0.102. The van der Waals surface area contributed by atoms with E-state index in [-0.39, 0.29) is 11.3 Å². The lowest BCUT2D eigenvalue weighted by atomic mass is 9.86. The van der Waals surface area contributed by atoms with Gasteiger partial charge < -0.3 is 5.32 Å². The first-order valence-electron chi connectivity index (χ1n) is 11.4. The van der Waals surface area contributed by atoms with Gasteiger partial charge in [-0.2, -0.15) is 5.10 Å². The molecule has 5 nitrogen and oxygen atoms in total. The Balaban J connectivity index is 1.36. The van der Waals surface area contributed by atoms with Gasteiger partial charge in [0.15, 0.2) is 0 Å². The first kappa shape index (κ1) is 22.1. The molecule has 1 N–H and O–H groups in total. The lowest BCUT2D eigenvalue weighted by Crippen LogP contribution is -2.16. The highest BCUT2D eigenvalue weighted by Crippen LogP contribution is 2.26. The molecule has 1 unspecified atom stereocenters. The molecule has 35 heavy (non-hydrogen) atoms. The molecule has 1 amide bonds. The van der Waals surface area contributed by atoms with Crippen LogP contribution in [0.25, 0.3) is 5.69 Å². The number of nitrogens with zero attached hydrogens (tertiary/aromatic N) is 3. The molecule has 0 saturated heterocycles. The minimum Gasteiger partial charge on any atom is -0.322 e. The molecule has 0 radical (unpaired) electrons. The molecule has 3 aromatic carbocycles. The zero-order chi connectivity index (χ0) is 24.1. The number of hydrogen-bond donors (Lipinski definition) is 1. The SMILES string of the molecule is CC1(Cc2ccc(NC(=O)c3ccc(-n4cccn4)c(C#Cc4ccccc4)c3)cc2)C=CN=C1. The molecule has 0 saturated carbocycles. The second-order valence-electron chi connectivity index (χ2n) is 8.73. The van der Waals surface area contributed by atoms with Gasteiger partial charge in [-0.15, -0.1) is 0 Å². The van der Waals surface area contributed by atoms with E-state index < -0.39 is 0 Å². The van der Waals surface area contributed by atoms with Crippen LogP contribution in [0.3, 0.4) is 0 Å². The van der Waals surface area contributed by atoms with E-state index in [0.29, 0.717) is 5.56 Å². The number of aliphatic imine (C=N–C) groups is 1. The molecule has 170 valence electrons. The fourth-order valence-electron chi connectivity index (χ4n) is 3.97. The maximum atomic E-state index is 13.0. The molecular weight excluding hydrogens is 432 g/mol. The molecule has 1 aromatic heterocycles. The summed E-state index contributed by atoms with van der Waals surface area (Å²) in [4.78, 5) is 17.3. The number of benzene rings is 3. The third kappa shape index (κ3) is 5.29. The number of carbonyl (C=O) groups is 1. The maximum absolute atomic E-state index is 13.0. The molecule has 2 heterocycles. The Hall–Kier alpha value is -4.69. The van der Waals surface area contributed by atoms with Crippen molar-refractivity contribution in [1.29, 1.82) is 0 Å². The topological polar surface area (TPSA) is 59.3 Å². The molecule has 5 heteroatoms. The van der Waals surface area contributed by atoms with Gasteiger partial charge in [-0.3, -0.25) is 9.79 Å². The van der Waals surface area contributed by atoms with Crippen LogP contribution in [0.15, 0.2) is 109 Å². The predicted molar refractivity (Wildman–Crippen MR) is 140 cm³/mol. The van der Waals surface area contributed by atoms with E-state index in [9.17, 15) is 4.79 Å². The summed E-state index contributed by atoms with van der Waals surface area (Å²) < 4.78 is 1.75. The van der Waals surface area contributed by atoms with Gasteiger partial charge in [0.05, 0.1) is 11.3 Å². The summed E-state index contributed by atoms with van der Waals surface area (Å²) in [5, 5.41) is 7.32. The first-order valence-corrected chi connectivity index (χ1v) is 11.4. The summed E-state index contributed by atoms with van der Waals surface area (Å²) in [5.41, 5.74) is 4.85.